The molecule has 2 amide bonds. The van der Waals surface area contributed by atoms with Gasteiger partial charge in [-0.3, -0.25) is 0 Å². The molecule has 0 N–H and O–H groups in total. The van der Waals surface area contributed by atoms with Gasteiger partial charge in [0.2, 0.25) is 0 Å². The molecule has 80 valence electrons. The van der Waals surface area contributed by atoms with Crippen LogP contribution in [-0.4, -0.2) is 36.0 Å². The van der Waals surface area contributed by atoms with Gasteiger partial charge in [-0.2, -0.15) is 0 Å². The number of benzene rings is 1. The average molecular weight is 204 g/mol. The molecule has 1 fully saturated rings. The maximum absolute atomic E-state index is 11.6. The molecule has 0 bridgehead atoms. The van der Waals surface area contributed by atoms with Crippen molar-refractivity contribution in [3.8, 4) is 0 Å². The van der Waals surface area contributed by atoms with Gasteiger partial charge in [0.25, 0.3) is 0 Å². The van der Waals surface area contributed by atoms with Crippen LogP contribution in [0.3, 0.4) is 0 Å². The zero-order valence-electron chi connectivity index (χ0n) is 9.23. The van der Waals surface area contributed by atoms with E-state index in [1.54, 1.807) is 4.90 Å². The number of nitrogens with zero attached hydrogens (tertiary/aromatic N) is 2. The summed E-state index contributed by atoms with van der Waals surface area (Å²) in [5.74, 6) is 0. The lowest BCUT2D eigenvalue weighted by atomic mass is 10.1. The SMILES string of the molecule is Cc1ccc(CN2CCN(C)C2=O)cc1. The summed E-state index contributed by atoms with van der Waals surface area (Å²) in [6.45, 7) is 4.47. The van der Waals surface area contributed by atoms with Crippen LogP contribution in [0.4, 0.5) is 4.79 Å². The smallest absolute Gasteiger partial charge is 0.320 e. The fourth-order valence-electron chi connectivity index (χ4n) is 1.76. The highest BCUT2D eigenvalue weighted by atomic mass is 16.2. The number of rotatable bonds is 2. The van der Waals surface area contributed by atoms with Gasteiger partial charge in [0.15, 0.2) is 0 Å². The molecular weight excluding hydrogens is 188 g/mol. The van der Waals surface area contributed by atoms with Gasteiger partial charge >= 0.3 is 6.03 Å². The second-order valence-electron chi connectivity index (χ2n) is 4.11. The van der Waals surface area contributed by atoms with Crippen LogP contribution in [0.1, 0.15) is 11.1 Å². The molecule has 0 aliphatic carbocycles. The van der Waals surface area contributed by atoms with Crippen molar-refractivity contribution in [1.29, 1.82) is 0 Å². The summed E-state index contributed by atoms with van der Waals surface area (Å²) in [6, 6.07) is 8.47. The minimum absolute atomic E-state index is 0.135. The number of urea groups is 1. The average Bonchev–Trinajstić information content (AvgIpc) is 2.53. The fourth-order valence-corrected chi connectivity index (χ4v) is 1.76. The first kappa shape index (κ1) is 10.0. The molecule has 0 atom stereocenters. The second kappa shape index (κ2) is 3.93. The lowest BCUT2D eigenvalue weighted by Gasteiger charge is -2.15. The Bertz CT molecular complexity index is 358. The predicted molar refractivity (Wildman–Crippen MR) is 59.6 cm³/mol. The van der Waals surface area contributed by atoms with Gasteiger partial charge in [0.05, 0.1) is 0 Å². The summed E-state index contributed by atoms with van der Waals surface area (Å²) in [5.41, 5.74) is 2.45. The van der Waals surface area contributed by atoms with E-state index in [-0.39, 0.29) is 6.03 Å². The van der Waals surface area contributed by atoms with Crippen molar-refractivity contribution >= 4 is 6.03 Å². The Kier molecular flexibility index (Phi) is 2.62. The molecule has 0 radical (unpaired) electrons. The minimum atomic E-state index is 0.135. The van der Waals surface area contributed by atoms with Crippen LogP contribution in [0.2, 0.25) is 0 Å². The van der Waals surface area contributed by atoms with E-state index < -0.39 is 0 Å². The van der Waals surface area contributed by atoms with Crippen LogP contribution in [0.15, 0.2) is 24.3 Å². The first-order valence-corrected chi connectivity index (χ1v) is 5.22. The zero-order chi connectivity index (χ0) is 10.8. The normalized spacial score (nSPS) is 16.3. The third-order valence-electron chi connectivity index (χ3n) is 2.80. The molecule has 1 aromatic carbocycles. The van der Waals surface area contributed by atoms with Crippen molar-refractivity contribution in [2.45, 2.75) is 13.5 Å². The molecule has 0 spiro atoms. The van der Waals surface area contributed by atoms with Crippen LogP contribution in [0, 0.1) is 6.92 Å². The number of hydrogen-bond acceptors (Lipinski definition) is 1. The number of amides is 2. The lowest BCUT2D eigenvalue weighted by molar-refractivity contribution is 0.197. The standard InChI is InChI=1S/C12H16N2O/c1-10-3-5-11(6-4-10)9-14-8-7-13(2)12(14)15/h3-6H,7-9H2,1-2H3. The molecule has 0 aromatic heterocycles. The Morgan fingerprint density at radius 1 is 1.20 bits per heavy atom. The molecule has 3 heteroatoms. The van der Waals surface area contributed by atoms with Crippen molar-refractivity contribution in [3.05, 3.63) is 35.4 Å². The molecule has 1 aromatic rings. The predicted octanol–water partition coefficient (Wildman–Crippen LogP) is 1.86. The van der Waals surface area contributed by atoms with E-state index in [0.717, 1.165) is 19.6 Å². The topological polar surface area (TPSA) is 23.6 Å². The molecule has 3 nitrogen and oxygen atoms in total. The summed E-state index contributed by atoms with van der Waals surface area (Å²) >= 11 is 0. The molecule has 0 unspecified atom stereocenters. The highest BCUT2D eigenvalue weighted by molar-refractivity contribution is 5.76. The summed E-state index contributed by atoms with van der Waals surface area (Å²) in [6.07, 6.45) is 0. The second-order valence-corrected chi connectivity index (χ2v) is 4.11. The Balaban J connectivity index is 2.03. The van der Waals surface area contributed by atoms with Crippen molar-refractivity contribution < 1.29 is 4.79 Å². The number of likely N-dealkylation sites (N-methyl/N-ethyl adjacent to an activating group) is 1. The van der Waals surface area contributed by atoms with E-state index >= 15 is 0 Å². The van der Waals surface area contributed by atoms with Gasteiger partial charge in [0, 0.05) is 26.7 Å². The van der Waals surface area contributed by atoms with E-state index in [4.69, 9.17) is 0 Å². The quantitative estimate of drug-likeness (QED) is 0.721. The Labute approximate surface area is 90.3 Å². The first-order valence-electron chi connectivity index (χ1n) is 5.22. The number of aryl methyl sites for hydroxylation is 1. The summed E-state index contributed by atoms with van der Waals surface area (Å²) < 4.78 is 0. The molecule has 1 saturated heterocycles. The summed E-state index contributed by atoms with van der Waals surface area (Å²) in [5, 5.41) is 0. The number of carbonyl (C=O) groups excluding carboxylic acids is 1. The minimum Gasteiger partial charge on any atom is -0.326 e. The van der Waals surface area contributed by atoms with Gasteiger partial charge in [-0.25, -0.2) is 4.79 Å². The van der Waals surface area contributed by atoms with E-state index in [1.165, 1.54) is 11.1 Å². The monoisotopic (exact) mass is 204 g/mol. The van der Waals surface area contributed by atoms with Gasteiger partial charge in [-0.15, -0.1) is 0 Å². The van der Waals surface area contributed by atoms with Crippen molar-refractivity contribution in [2.75, 3.05) is 20.1 Å². The highest BCUT2D eigenvalue weighted by Gasteiger charge is 2.24. The lowest BCUT2D eigenvalue weighted by Crippen LogP contribution is -2.28. The van der Waals surface area contributed by atoms with Gasteiger partial charge in [0.1, 0.15) is 0 Å². The molecule has 1 aliphatic rings. The summed E-state index contributed by atoms with van der Waals surface area (Å²) in [7, 11) is 1.84. The summed E-state index contributed by atoms with van der Waals surface area (Å²) in [4.78, 5) is 15.3. The molecule has 0 saturated carbocycles. The molecule has 1 aliphatic heterocycles. The number of hydrogen-bond donors (Lipinski definition) is 0. The molecule has 15 heavy (non-hydrogen) atoms. The van der Waals surface area contributed by atoms with Crippen LogP contribution < -0.4 is 0 Å². The van der Waals surface area contributed by atoms with E-state index in [2.05, 4.69) is 31.2 Å². The maximum atomic E-state index is 11.6. The number of carbonyl (C=O) groups is 1. The first-order chi connectivity index (χ1) is 7.16. The third-order valence-corrected chi connectivity index (χ3v) is 2.80. The maximum Gasteiger partial charge on any atom is 0.320 e. The van der Waals surface area contributed by atoms with Crippen LogP contribution in [0.5, 0.6) is 0 Å². The Hall–Kier alpha value is -1.51. The Morgan fingerprint density at radius 3 is 2.40 bits per heavy atom. The molecule has 1 heterocycles. The fraction of sp³-hybridized carbons (Fsp3) is 0.417. The van der Waals surface area contributed by atoms with Gasteiger partial charge in [-0.1, -0.05) is 29.8 Å². The van der Waals surface area contributed by atoms with Crippen molar-refractivity contribution in [3.63, 3.8) is 0 Å². The van der Waals surface area contributed by atoms with Gasteiger partial charge in [-0.05, 0) is 12.5 Å². The molecule has 2 rings (SSSR count). The zero-order valence-corrected chi connectivity index (χ0v) is 9.23. The third kappa shape index (κ3) is 2.12. The van der Waals surface area contributed by atoms with E-state index in [9.17, 15) is 4.79 Å². The highest BCUT2D eigenvalue weighted by Crippen LogP contribution is 2.12. The van der Waals surface area contributed by atoms with E-state index in [0.29, 0.717) is 0 Å². The van der Waals surface area contributed by atoms with Crippen LogP contribution in [-0.2, 0) is 6.54 Å². The molecular formula is C12H16N2O. The van der Waals surface area contributed by atoms with Crippen LogP contribution in [0.25, 0.3) is 0 Å². The van der Waals surface area contributed by atoms with E-state index in [1.807, 2.05) is 11.9 Å². The van der Waals surface area contributed by atoms with Gasteiger partial charge < -0.3 is 9.80 Å². The van der Waals surface area contributed by atoms with Crippen LogP contribution >= 0.6 is 0 Å². The Morgan fingerprint density at radius 2 is 1.87 bits per heavy atom. The largest absolute Gasteiger partial charge is 0.326 e. The van der Waals surface area contributed by atoms with Crippen molar-refractivity contribution in [1.82, 2.24) is 9.80 Å². The van der Waals surface area contributed by atoms with Crippen molar-refractivity contribution in [2.24, 2.45) is 0 Å².